The van der Waals surface area contributed by atoms with Crippen molar-refractivity contribution in [2.75, 3.05) is 17.6 Å². The molecule has 0 saturated heterocycles. The molecule has 0 spiro atoms. The van der Waals surface area contributed by atoms with Crippen LogP contribution in [-0.4, -0.2) is 42.8 Å². The summed E-state index contributed by atoms with van der Waals surface area (Å²) in [5, 5.41) is 9.53. The normalized spacial score (nSPS) is 11.3. The van der Waals surface area contributed by atoms with Crippen LogP contribution in [0.4, 0.5) is 5.82 Å². The molecule has 0 unspecified atom stereocenters. The summed E-state index contributed by atoms with van der Waals surface area (Å²) < 4.78 is 26.2. The predicted octanol–water partition coefficient (Wildman–Crippen LogP) is 2.03. The monoisotopic (exact) mass is 353 g/mol. The van der Waals surface area contributed by atoms with Crippen molar-refractivity contribution in [1.82, 2.24) is 9.97 Å². The topological polar surface area (TPSA) is 100 Å². The summed E-state index contributed by atoms with van der Waals surface area (Å²) in [6, 6.07) is 6.29. The number of aromatic nitrogens is 2. The van der Waals surface area contributed by atoms with Crippen molar-refractivity contribution >= 4 is 33.6 Å². The molecule has 2 aromatic rings. The van der Waals surface area contributed by atoms with E-state index in [0.717, 1.165) is 16.1 Å². The molecule has 2 rings (SSSR count). The highest BCUT2D eigenvalue weighted by Gasteiger charge is 2.27. The zero-order valence-electron chi connectivity index (χ0n) is 12.7. The molecule has 122 valence electrons. The molecule has 0 saturated carbocycles. The van der Waals surface area contributed by atoms with Crippen LogP contribution in [0.3, 0.4) is 0 Å². The zero-order chi connectivity index (χ0) is 17.2. The Morgan fingerprint density at radius 2 is 1.87 bits per heavy atom. The lowest BCUT2D eigenvalue weighted by Gasteiger charge is -2.20. The van der Waals surface area contributed by atoms with Crippen LogP contribution in [0.25, 0.3) is 0 Å². The van der Waals surface area contributed by atoms with Gasteiger partial charge < -0.3 is 5.11 Å². The first kappa shape index (κ1) is 17.2. The van der Waals surface area contributed by atoms with E-state index in [1.165, 1.54) is 30.9 Å². The van der Waals surface area contributed by atoms with Gasteiger partial charge in [0, 0.05) is 13.2 Å². The number of hydrogen-bond donors (Lipinski definition) is 1. The number of aromatic carboxylic acids is 1. The van der Waals surface area contributed by atoms with Gasteiger partial charge in [-0.05, 0) is 25.3 Å². The molecule has 0 aliphatic carbocycles. The van der Waals surface area contributed by atoms with E-state index in [-0.39, 0.29) is 21.4 Å². The van der Waals surface area contributed by atoms with Crippen LogP contribution in [0.1, 0.15) is 15.9 Å². The van der Waals surface area contributed by atoms with Gasteiger partial charge in [0.05, 0.1) is 4.90 Å². The molecule has 0 amide bonds. The minimum atomic E-state index is -3.92. The number of hydrogen-bond acceptors (Lipinski definition) is 6. The minimum Gasteiger partial charge on any atom is -0.477 e. The van der Waals surface area contributed by atoms with Crippen molar-refractivity contribution in [1.29, 1.82) is 0 Å². The first-order valence-corrected chi connectivity index (χ1v) is 9.13. The van der Waals surface area contributed by atoms with Gasteiger partial charge in [-0.25, -0.2) is 23.2 Å². The molecular formula is C14H15N3O4S2. The van der Waals surface area contributed by atoms with Crippen LogP contribution >= 0.6 is 11.8 Å². The largest absolute Gasteiger partial charge is 0.477 e. The van der Waals surface area contributed by atoms with E-state index in [4.69, 9.17) is 0 Å². The fraction of sp³-hybridized carbons (Fsp3) is 0.214. The van der Waals surface area contributed by atoms with Gasteiger partial charge in [-0.3, -0.25) is 4.31 Å². The van der Waals surface area contributed by atoms with Gasteiger partial charge in [-0.15, -0.1) is 0 Å². The Kier molecular flexibility index (Phi) is 4.90. The molecular weight excluding hydrogens is 338 g/mol. The van der Waals surface area contributed by atoms with Gasteiger partial charge in [0.15, 0.2) is 11.0 Å². The average Bonchev–Trinajstić information content (AvgIpc) is 2.53. The molecule has 1 aromatic heterocycles. The van der Waals surface area contributed by atoms with E-state index in [2.05, 4.69) is 9.97 Å². The van der Waals surface area contributed by atoms with Gasteiger partial charge >= 0.3 is 5.97 Å². The molecule has 0 aliphatic rings. The van der Waals surface area contributed by atoms with E-state index in [1.807, 2.05) is 6.92 Å². The highest BCUT2D eigenvalue weighted by atomic mass is 32.2. The number of sulfonamides is 1. The maximum absolute atomic E-state index is 12.7. The second-order valence-electron chi connectivity index (χ2n) is 4.68. The van der Waals surface area contributed by atoms with E-state index < -0.39 is 16.0 Å². The first-order valence-electron chi connectivity index (χ1n) is 6.47. The summed E-state index contributed by atoms with van der Waals surface area (Å²) in [6.07, 6.45) is 2.83. The quantitative estimate of drug-likeness (QED) is 0.648. The molecule has 0 radical (unpaired) electrons. The van der Waals surface area contributed by atoms with Crippen molar-refractivity contribution < 1.29 is 18.3 Å². The Labute approximate surface area is 138 Å². The van der Waals surface area contributed by atoms with Crippen LogP contribution in [0.15, 0.2) is 40.5 Å². The summed E-state index contributed by atoms with van der Waals surface area (Å²) in [5.74, 6) is -1.46. The number of benzene rings is 1. The number of carboxylic acid groups (broad SMARTS) is 1. The fourth-order valence-corrected chi connectivity index (χ4v) is 3.33. The number of aryl methyl sites for hydroxylation is 1. The summed E-state index contributed by atoms with van der Waals surface area (Å²) in [4.78, 5) is 19.3. The number of nitrogens with zero attached hydrogens (tertiary/aromatic N) is 3. The summed E-state index contributed by atoms with van der Waals surface area (Å²) in [6.45, 7) is 1.85. The zero-order valence-corrected chi connectivity index (χ0v) is 14.3. The molecule has 0 bridgehead atoms. The summed E-state index contributed by atoms with van der Waals surface area (Å²) >= 11 is 1.19. The third-order valence-electron chi connectivity index (χ3n) is 3.14. The third-order valence-corrected chi connectivity index (χ3v) is 5.46. The van der Waals surface area contributed by atoms with E-state index in [9.17, 15) is 18.3 Å². The lowest BCUT2D eigenvalue weighted by Crippen LogP contribution is -2.29. The van der Waals surface area contributed by atoms with E-state index in [1.54, 1.807) is 18.4 Å². The van der Waals surface area contributed by atoms with Gasteiger partial charge in [0.2, 0.25) is 0 Å². The Morgan fingerprint density at radius 1 is 1.26 bits per heavy atom. The van der Waals surface area contributed by atoms with Gasteiger partial charge in [0.25, 0.3) is 10.0 Å². The van der Waals surface area contributed by atoms with Crippen LogP contribution in [0, 0.1) is 6.92 Å². The summed E-state index contributed by atoms with van der Waals surface area (Å²) in [7, 11) is -2.65. The molecule has 1 aromatic carbocycles. The van der Waals surface area contributed by atoms with Crippen molar-refractivity contribution in [3.63, 3.8) is 0 Å². The molecule has 0 atom stereocenters. The summed E-state index contributed by atoms with van der Waals surface area (Å²) in [5.41, 5.74) is 0.644. The molecule has 0 aliphatic heterocycles. The highest BCUT2D eigenvalue weighted by Crippen LogP contribution is 2.25. The second-order valence-corrected chi connectivity index (χ2v) is 7.43. The van der Waals surface area contributed by atoms with Crippen molar-refractivity contribution in [3.05, 3.63) is 41.6 Å². The Bertz CT molecular complexity index is 836. The molecule has 7 nitrogen and oxygen atoms in total. The number of rotatable bonds is 5. The Morgan fingerprint density at radius 3 is 2.39 bits per heavy atom. The molecule has 9 heteroatoms. The van der Waals surface area contributed by atoms with Crippen LogP contribution in [0.2, 0.25) is 0 Å². The Hall–Kier alpha value is -2.13. The predicted molar refractivity (Wildman–Crippen MR) is 87.5 cm³/mol. The maximum atomic E-state index is 12.7. The molecule has 1 N–H and O–H groups in total. The van der Waals surface area contributed by atoms with Crippen LogP contribution < -0.4 is 4.31 Å². The SMILES string of the molecule is CSc1ncc(C(=O)O)c(N(C)S(=O)(=O)c2ccc(C)cc2)n1. The van der Waals surface area contributed by atoms with E-state index in [0.29, 0.717) is 0 Å². The highest BCUT2D eigenvalue weighted by molar-refractivity contribution is 7.98. The smallest absolute Gasteiger partial charge is 0.341 e. The van der Waals surface area contributed by atoms with Crippen LogP contribution in [0.5, 0.6) is 0 Å². The van der Waals surface area contributed by atoms with E-state index >= 15 is 0 Å². The maximum Gasteiger partial charge on any atom is 0.341 e. The van der Waals surface area contributed by atoms with Crippen molar-refractivity contribution in [3.8, 4) is 0 Å². The van der Waals surface area contributed by atoms with Crippen molar-refractivity contribution in [2.45, 2.75) is 17.0 Å². The minimum absolute atomic E-state index is 0.0613. The van der Waals surface area contributed by atoms with Crippen LogP contribution in [-0.2, 0) is 10.0 Å². The number of carboxylic acids is 1. The molecule has 0 fully saturated rings. The van der Waals surface area contributed by atoms with Gasteiger partial charge in [-0.2, -0.15) is 0 Å². The average molecular weight is 353 g/mol. The standard InChI is InChI=1S/C14H15N3O4S2/c1-9-4-6-10(7-5-9)23(20,21)17(2)12-11(13(18)19)8-15-14(16-12)22-3/h4-8H,1-3H3,(H,18,19). The second kappa shape index (κ2) is 6.55. The first-order chi connectivity index (χ1) is 10.8. The third kappa shape index (κ3) is 3.45. The number of carbonyl (C=O) groups is 1. The Balaban J connectivity index is 2.56. The number of anilines is 1. The lowest BCUT2D eigenvalue weighted by molar-refractivity contribution is 0.0696. The number of thioether (sulfide) groups is 1. The van der Waals surface area contributed by atoms with Gasteiger partial charge in [-0.1, -0.05) is 29.5 Å². The fourth-order valence-electron chi connectivity index (χ4n) is 1.83. The van der Waals surface area contributed by atoms with Crippen molar-refractivity contribution in [2.24, 2.45) is 0 Å². The molecule has 1 heterocycles. The van der Waals surface area contributed by atoms with Gasteiger partial charge in [0.1, 0.15) is 5.56 Å². The molecule has 23 heavy (non-hydrogen) atoms. The lowest BCUT2D eigenvalue weighted by atomic mass is 10.2.